The van der Waals surface area contributed by atoms with Crippen LogP contribution < -0.4 is 4.90 Å². The van der Waals surface area contributed by atoms with Crippen LogP contribution in [0.5, 0.6) is 0 Å². The van der Waals surface area contributed by atoms with Crippen LogP contribution in [-0.2, 0) is 15.3 Å². The Balaban J connectivity index is 1.96. The number of benzene rings is 2. The maximum atomic E-state index is 13.4. The summed E-state index contributed by atoms with van der Waals surface area (Å²) in [6.45, 7) is 5.98. The predicted molar refractivity (Wildman–Crippen MR) is 112 cm³/mol. The van der Waals surface area contributed by atoms with E-state index in [1.54, 1.807) is 17.0 Å². The molecule has 1 aliphatic carbocycles. The third-order valence-corrected chi connectivity index (χ3v) is 6.06. The normalized spacial score (nSPS) is 24.0. The standard InChI is InChI=1S/C23H22BrNO3/c1-14-4-6-15(7-5-14)23(28)21(27)20-18(12-22(2,3)13-19(20)26)25(23)17-10-8-16(24)9-11-17/h4-11,28H,12-13H2,1-3H3. The van der Waals surface area contributed by atoms with Crippen molar-refractivity contribution < 1.29 is 14.7 Å². The highest BCUT2D eigenvalue weighted by Crippen LogP contribution is 2.50. The van der Waals surface area contributed by atoms with Crippen molar-refractivity contribution in [2.45, 2.75) is 39.3 Å². The van der Waals surface area contributed by atoms with Gasteiger partial charge in [-0.25, -0.2) is 0 Å². The maximum absolute atomic E-state index is 13.4. The topological polar surface area (TPSA) is 57.6 Å². The molecule has 1 unspecified atom stereocenters. The molecule has 28 heavy (non-hydrogen) atoms. The van der Waals surface area contributed by atoms with Crippen LogP contribution in [0.3, 0.4) is 0 Å². The smallest absolute Gasteiger partial charge is 0.234 e. The Morgan fingerprint density at radius 1 is 0.964 bits per heavy atom. The number of aryl methyl sites for hydroxylation is 1. The summed E-state index contributed by atoms with van der Waals surface area (Å²) in [5.41, 5.74) is 0.718. The Hall–Kier alpha value is -2.24. The van der Waals surface area contributed by atoms with E-state index in [9.17, 15) is 14.7 Å². The van der Waals surface area contributed by atoms with Crippen LogP contribution in [0, 0.1) is 12.3 Å². The second-order valence-corrected chi connectivity index (χ2v) is 9.36. The number of aliphatic hydroxyl groups is 1. The summed E-state index contributed by atoms with van der Waals surface area (Å²) in [6, 6.07) is 14.7. The fourth-order valence-electron chi connectivity index (χ4n) is 4.19. The molecule has 1 aliphatic heterocycles. The summed E-state index contributed by atoms with van der Waals surface area (Å²) < 4.78 is 0.898. The third kappa shape index (κ3) is 2.85. The number of allylic oxidation sites excluding steroid dienone is 1. The third-order valence-electron chi connectivity index (χ3n) is 5.53. The van der Waals surface area contributed by atoms with Gasteiger partial charge in [0, 0.05) is 27.8 Å². The lowest BCUT2D eigenvalue weighted by molar-refractivity contribution is -0.133. The summed E-state index contributed by atoms with van der Waals surface area (Å²) in [6.07, 6.45) is 0.847. The van der Waals surface area contributed by atoms with E-state index in [-0.39, 0.29) is 16.8 Å². The van der Waals surface area contributed by atoms with Gasteiger partial charge in [-0.1, -0.05) is 59.6 Å². The lowest BCUT2D eigenvalue weighted by atomic mass is 9.75. The lowest BCUT2D eigenvalue weighted by Gasteiger charge is -2.38. The van der Waals surface area contributed by atoms with E-state index in [1.807, 2.05) is 57.2 Å². The Morgan fingerprint density at radius 3 is 2.18 bits per heavy atom. The first-order valence-electron chi connectivity index (χ1n) is 9.30. The van der Waals surface area contributed by atoms with Gasteiger partial charge >= 0.3 is 0 Å². The minimum absolute atomic E-state index is 0.144. The zero-order valence-corrected chi connectivity index (χ0v) is 17.7. The number of anilines is 1. The van der Waals surface area contributed by atoms with E-state index in [2.05, 4.69) is 15.9 Å². The predicted octanol–water partition coefficient (Wildman–Crippen LogP) is 4.64. The molecule has 4 nitrogen and oxygen atoms in total. The van der Waals surface area contributed by atoms with Gasteiger partial charge in [0.1, 0.15) is 0 Å². The number of ketones is 2. The summed E-state index contributed by atoms with van der Waals surface area (Å²) in [5.74, 6) is -0.726. The van der Waals surface area contributed by atoms with Crippen LogP contribution >= 0.6 is 15.9 Å². The second kappa shape index (κ2) is 6.39. The minimum Gasteiger partial charge on any atom is -0.360 e. The van der Waals surface area contributed by atoms with Gasteiger partial charge in [0.2, 0.25) is 11.5 Å². The molecule has 1 N–H and O–H groups in total. The van der Waals surface area contributed by atoms with Crippen LogP contribution in [0.1, 0.15) is 37.8 Å². The van der Waals surface area contributed by atoms with Gasteiger partial charge < -0.3 is 10.0 Å². The van der Waals surface area contributed by atoms with Gasteiger partial charge in [0.15, 0.2) is 5.78 Å². The number of carbonyl (C=O) groups excluding carboxylic acids is 2. The first-order chi connectivity index (χ1) is 13.1. The number of hydrogen-bond acceptors (Lipinski definition) is 4. The van der Waals surface area contributed by atoms with Gasteiger partial charge in [-0.2, -0.15) is 0 Å². The average molecular weight is 440 g/mol. The number of carbonyl (C=O) groups is 2. The summed E-state index contributed by atoms with van der Waals surface area (Å²) >= 11 is 3.43. The second-order valence-electron chi connectivity index (χ2n) is 8.44. The summed E-state index contributed by atoms with van der Waals surface area (Å²) in [4.78, 5) is 28.0. The summed E-state index contributed by atoms with van der Waals surface area (Å²) in [5, 5.41) is 11.8. The highest BCUT2D eigenvalue weighted by Gasteiger charge is 2.57. The van der Waals surface area contributed by atoms with Crippen LogP contribution in [0.2, 0.25) is 0 Å². The molecule has 0 radical (unpaired) electrons. The molecule has 0 spiro atoms. The Kier molecular flexibility index (Phi) is 4.36. The van der Waals surface area contributed by atoms with Gasteiger partial charge in [-0.3, -0.25) is 9.59 Å². The zero-order chi connectivity index (χ0) is 20.3. The fourth-order valence-corrected chi connectivity index (χ4v) is 4.45. The number of Topliss-reactive ketones (excluding diaryl/α,β-unsaturated/α-hetero) is 2. The molecule has 0 fully saturated rings. The minimum atomic E-state index is -1.93. The molecular weight excluding hydrogens is 418 g/mol. The van der Waals surface area contributed by atoms with Gasteiger partial charge in [0.25, 0.3) is 0 Å². The SMILES string of the molecule is Cc1ccc(C2(O)C(=O)C3=C(CC(C)(C)CC3=O)N2c2ccc(Br)cc2)cc1. The van der Waals surface area contributed by atoms with Gasteiger partial charge in [-0.05, 0) is 43.0 Å². The lowest BCUT2D eigenvalue weighted by Crippen LogP contribution is -2.47. The average Bonchev–Trinajstić information content (AvgIpc) is 2.84. The molecule has 1 heterocycles. The van der Waals surface area contributed by atoms with Crippen molar-refractivity contribution in [3.8, 4) is 0 Å². The van der Waals surface area contributed by atoms with E-state index in [0.717, 1.165) is 10.0 Å². The molecule has 144 valence electrons. The molecule has 2 aliphatic rings. The van der Waals surface area contributed by atoms with Crippen LogP contribution in [0.15, 0.2) is 64.3 Å². The molecule has 2 aromatic rings. The van der Waals surface area contributed by atoms with Crippen molar-refractivity contribution in [2.24, 2.45) is 5.41 Å². The van der Waals surface area contributed by atoms with Crippen LogP contribution in [-0.4, -0.2) is 16.7 Å². The van der Waals surface area contributed by atoms with Crippen molar-refractivity contribution >= 4 is 33.2 Å². The highest BCUT2D eigenvalue weighted by molar-refractivity contribution is 9.10. The zero-order valence-electron chi connectivity index (χ0n) is 16.1. The largest absolute Gasteiger partial charge is 0.360 e. The van der Waals surface area contributed by atoms with E-state index in [4.69, 9.17) is 0 Å². The van der Waals surface area contributed by atoms with E-state index in [1.165, 1.54) is 0 Å². The monoisotopic (exact) mass is 439 g/mol. The molecule has 0 saturated carbocycles. The maximum Gasteiger partial charge on any atom is 0.234 e. The molecule has 4 rings (SSSR count). The van der Waals surface area contributed by atoms with Crippen LogP contribution in [0.4, 0.5) is 5.69 Å². The van der Waals surface area contributed by atoms with Crippen molar-refractivity contribution in [3.05, 3.63) is 75.4 Å². The number of nitrogens with zero attached hydrogens (tertiary/aromatic N) is 1. The van der Waals surface area contributed by atoms with E-state index < -0.39 is 11.5 Å². The van der Waals surface area contributed by atoms with Gasteiger partial charge in [0.05, 0.1) is 5.57 Å². The molecule has 0 aromatic heterocycles. The van der Waals surface area contributed by atoms with Crippen molar-refractivity contribution in [2.75, 3.05) is 4.90 Å². The first-order valence-corrected chi connectivity index (χ1v) is 10.1. The Morgan fingerprint density at radius 2 is 1.57 bits per heavy atom. The molecule has 5 heteroatoms. The Labute approximate surface area is 173 Å². The molecule has 1 atom stereocenters. The molecular formula is C23H22BrNO3. The molecule has 2 aromatic carbocycles. The Bertz CT molecular complexity index is 1010. The molecule has 0 amide bonds. The van der Waals surface area contributed by atoms with Crippen molar-refractivity contribution in [3.63, 3.8) is 0 Å². The number of halogens is 1. The van der Waals surface area contributed by atoms with Crippen LogP contribution in [0.25, 0.3) is 0 Å². The number of hydrogen-bond donors (Lipinski definition) is 1. The number of rotatable bonds is 2. The highest BCUT2D eigenvalue weighted by atomic mass is 79.9. The molecule has 0 saturated heterocycles. The summed E-state index contributed by atoms with van der Waals surface area (Å²) in [7, 11) is 0. The van der Waals surface area contributed by atoms with Gasteiger partial charge in [-0.15, -0.1) is 0 Å². The van der Waals surface area contributed by atoms with E-state index in [0.29, 0.717) is 29.8 Å². The van der Waals surface area contributed by atoms with Crippen molar-refractivity contribution in [1.82, 2.24) is 0 Å². The fraction of sp³-hybridized carbons (Fsp3) is 0.304. The van der Waals surface area contributed by atoms with Crippen molar-refractivity contribution in [1.29, 1.82) is 0 Å². The molecule has 0 bridgehead atoms. The van der Waals surface area contributed by atoms with E-state index >= 15 is 0 Å². The quantitative estimate of drug-likeness (QED) is 0.692. The first kappa shape index (κ1) is 19.1.